The summed E-state index contributed by atoms with van der Waals surface area (Å²) in [6.07, 6.45) is -1.06. The van der Waals surface area contributed by atoms with Gasteiger partial charge in [0, 0.05) is 0 Å². The van der Waals surface area contributed by atoms with Crippen molar-refractivity contribution in [3.8, 4) is 0 Å². The fourth-order valence-corrected chi connectivity index (χ4v) is 2.42. The first-order chi connectivity index (χ1) is 6.58. The Kier molecular flexibility index (Phi) is 1.53. The fourth-order valence-electron chi connectivity index (χ4n) is 2.42. The van der Waals surface area contributed by atoms with Gasteiger partial charge in [-0.15, -0.1) is 0 Å². The lowest BCUT2D eigenvalue weighted by atomic mass is 10.1. The van der Waals surface area contributed by atoms with Crippen LogP contribution in [0.5, 0.6) is 0 Å². The number of nitrogens with zero attached hydrogens (tertiary/aromatic N) is 1. The lowest BCUT2D eigenvalue weighted by Crippen LogP contribution is -2.32. The molecule has 1 aliphatic carbocycles. The molecule has 0 aromatic heterocycles. The number of ether oxygens (including phenoxy) is 2. The SMILES string of the molecule is CC1(C)O[C@@H]2[C@H](O1)[C@@H]1CON=C1[C@@H]2O. The van der Waals surface area contributed by atoms with E-state index in [9.17, 15) is 5.11 Å². The van der Waals surface area contributed by atoms with E-state index in [0.29, 0.717) is 12.3 Å². The van der Waals surface area contributed by atoms with Gasteiger partial charge in [0.15, 0.2) is 5.79 Å². The van der Waals surface area contributed by atoms with Gasteiger partial charge in [0.2, 0.25) is 0 Å². The van der Waals surface area contributed by atoms with Crippen molar-refractivity contribution in [2.45, 2.75) is 37.9 Å². The summed E-state index contributed by atoms with van der Waals surface area (Å²) in [6.45, 7) is 4.20. The van der Waals surface area contributed by atoms with Crippen molar-refractivity contribution in [2.24, 2.45) is 11.1 Å². The molecule has 5 heteroatoms. The molecule has 0 amide bonds. The van der Waals surface area contributed by atoms with E-state index in [0.717, 1.165) is 0 Å². The van der Waals surface area contributed by atoms with Crippen LogP contribution in [-0.2, 0) is 14.3 Å². The molecule has 0 aromatic rings. The first kappa shape index (κ1) is 8.64. The van der Waals surface area contributed by atoms with Crippen LogP contribution >= 0.6 is 0 Å². The maximum absolute atomic E-state index is 9.89. The van der Waals surface area contributed by atoms with Crippen LogP contribution in [0.15, 0.2) is 5.16 Å². The summed E-state index contributed by atoms with van der Waals surface area (Å²) in [6, 6.07) is 0. The molecule has 78 valence electrons. The molecule has 5 nitrogen and oxygen atoms in total. The van der Waals surface area contributed by atoms with Crippen molar-refractivity contribution in [3.05, 3.63) is 0 Å². The lowest BCUT2D eigenvalue weighted by molar-refractivity contribution is -0.156. The van der Waals surface area contributed by atoms with Crippen LogP contribution in [0, 0.1) is 5.92 Å². The van der Waals surface area contributed by atoms with E-state index in [1.165, 1.54) is 0 Å². The van der Waals surface area contributed by atoms with Gasteiger partial charge in [-0.25, -0.2) is 0 Å². The molecule has 3 rings (SSSR count). The van der Waals surface area contributed by atoms with Crippen LogP contribution < -0.4 is 0 Å². The lowest BCUT2D eigenvalue weighted by Gasteiger charge is -2.20. The summed E-state index contributed by atoms with van der Waals surface area (Å²) in [4.78, 5) is 4.95. The number of hydrogen-bond acceptors (Lipinski definition) is 5. The number of aliphatic hydroxyl groups excluding tert-OH is 1. The Morgan fingerprint density at radius 3 is 2.86 bits per heavy atom. The molecule has 1 saturated carbocycles. The molecular weight excluding hydrogens is 186 g/mol. The monoisotopic (exact) mass is 199 g/mol. The van der Waals surface area contributed by atoms with Gasteiger partial charge in [-0.3, -0.25) is 0 Å². The minimum Gasteiger partial charge on any atom is -0.395 e. The molecule has 1 N–H and O–H groups in total. The molecule has 0 unspecified atom stereocenters. The van der Waals surface area contributed by atoms with Crippen LogP contribution in [0.25, 0.3) is 0 Å². The number of fused-ring (bicyclic) bond motifs is 3. The number of rotatable bonds is 0. The van der Waals surface area contributed by atoms with Gasteiger partial charge in [-0.1, -0.05) is 5.16 Å². The van der Waals surface area contributed by atoms with E-state index in [1.807, 2.05) is 13.8 Å². The van der Waals surface area contributed by atoms with Crippen LogP contribution in [0.4, 0.5) is 0 Å². The van der Waals surface area contributed by atoms with E-state index >= 15 is 0 Å². The second-order valence-electron chi connectivity index (χ2n) is 4.43. The smallest absolute Gasteiger partial charge is 0.163 e. The van der Waals surface area contributed by atoms with Crippen molar-refractivity contribution in [1.29, 1.82) is 0 Å². The van der Waals surface area contributed by atoms with E-state index < -0.39 is 11.9 Å². The molecule has 0 radical (unpaired) electrons. The quantitative estimate of drug-likeness (QED) is 0.591. The number of hydrogen-bond donors (Lipinski definition) is 1. The third-order valence-electron chi connectivity index (χ3n) is 2.98. The van der Waals surface area contributed by atoms with E-state index in [1.54, 1.807) is 0 Å². The van der Waals surface area contributed by atoms with Crippen molar-refractivity contribution in [2.75, 3.05) is 6.61 Å². The molecule has 0 bridgehead atoms. The molecule has 2 aliphatic heterocycles. The number of oxime groups is 1. The second kappa shape index (κ2) is 2.48. The summed E-state index contributed by atoms with van der Waals surface area (Å²) in [5, 5.41) is 13.7. The van der Waals surface area contributed by atoms with Crippen LogP contribution in [0.3, 0.4) is 0 Å². The van der Waals surface area contributed by atoms with E-state index in [4.69, 9.17) is 14.3 Å². The molecule has 3 aliphatic rings. The Bertz CT molecular complexity index is 301. The van der Waals surface area contributed by atoms with Crippen LogP contribution in [0.2, 0.25) is 0 Å². The summed E-state index contributed by atoms with van der Waals surface area (Å²) in [5.74, 6) is -0.540. The van der Waals surface area contributed by atoms with Crippen molar-refractivity contribution in [1.82, 2.24) is 0 Å². The zero-order valence-corrected chi connectivity index (χ0v) is 8.14. The maximum atomic E-state index is 9.89. The van der Waals surface area contributed by atoms with Crippen LogP contribution in [-0.4, -0.2) is 41.5 Å². The average Bonchev–Trinajstić information content (AvgIpc) is 2.70. The van der Waals surface area contributed by atoms with Gasteiger partial charge >= 0.3 is 0 Å². The Morgan fingerprint density at radius 2 is 2.07 bits per heavy atom. The predicted molar refractivity (Wildman–Crippen MR) is 46.7 cm³/mol. The third kappa shape index (κ3) is 0.973. The van der Waals surface area contributed by atoms with Gasteiger partial charge < -0.3 is 19.4 Å². The van der Waals surface area contributed by atoms with Crippen LogP contribution in [0.1, 0.15) is 13.8 Å². The zero-order chi connectivity index (χ0) is 9.92. The van der Waals surface area contributed by atoms with E-state index in [-0.39, 0.29) is 18.1 Å². The zero-order valence-electron chi connectivity index (χ0n) is 8.14. The Labute approximate surface area is 81.6 Å². The maximum Gasteiger partial charge on any atom is 0.163 e. The van der Waals surface area contributed by atoms with Gasteiger partial charge in [0.1, 0.15) is 24.9 Å². The topological polar surface area (TPSA) is 60.3 Å². The molecule has 14 heavy (non-hydrogen) atoms. The molecular formula is C9H13NO4. The summed E-state index contributed by atoms with van der Waals surface area (Å²) in [5.41, 5.74) is 0.676. The fraction of sp³-hybridized carbons (Fsp3) is 0.889. The normalized spacial score (nSPS) is 48.4. The molecule has 4 atom stereocenters. The summed E-state index contributed by atoms with van der Waals surface area (Å²) < 4.78 is 11.3. The Hall–Kier alpha value is -0.650. The minimum atomic E-state index is -0.672. The van der Waals surface area contributed by atoms with Crippen molar-refractivity contribution < 1.29 is 19.4 Å². The minimum absolute atomic E-state index is 0.0665. The average molecular weight is 199 g/mol. The standard InChI is InChI=1S/C9H13NO4/c1-9(2)13-7-4-3-12-10-5(4)6(11)8(7)14-9/h4,6-8,11H,3H2,1-2H3/t4-,6+,7-,8+/m1/s1. The Morgan fingerprint density at radius 1 is 1.36 bits per heavy atom. The largest absolute Gasteiger partial charge is 0.395 e. The third-order valence-corrected chi connectivity index (χ3v) is 2.98. The highest BCUT2D eigenvalue weighted by Crippen LogP contribution is 2.42. The molecule has 0 spiro atoms. The highest BCUT2D eigenvalue weighted by Gasteiger charge is 2.59. The van der Waals surface area contributed by atoms with E-state index in [2.05, 4.69) is 5.16 Å². The van der Waals surface area contributed by atoms with Crippen molar-refractivity contribution >= 4 is 5.71 Å². The van der Waals surface area contributed by atoms with Gasteiger partial charge in [-0.2, -0.15) is 0 Å². The first-order valence-corrected chi connectivity index (χ1v) is 4.82. The van der Waals surface area contributed by atoms with Crippen molar-refractivity contribution in [3.63, 3.8) is 0 Å². The van der Waals surface area contributed by atoms with Gasteiger partial charge in [0.05, 0.1) is 11.6 Å². The summed E-state index contributed by atoms with van der Waals surface area (Å²) >= 11 is 0. The first-order valence-electron chi connectivity index (χ1n) is 4.82. The Balaban J connectivity index is 1.92. The molecule has 0 aromatic carbocycles. The second-order valence-corrected chi connectivity index (χ2v) is 4.43. The number of aliphatic hydroxyl groups is 1. The molecule has 2 fully saturated rings. The highest BCUT2D eigenvalue weighted by atomic mass is 16.8. The molecule has 1 saturated heterocycles. The van der Waals surface area contributed by atoms with Gasteiger partial charge in [-0.05, 0) is 13.8 Å². The van der Waals surface area contributed by atoms with Gasteiger partial charge in [0.25, 0.3) is 0 Å². The highest BCUT2D eigenvalue weighted by molar-refractivity contribution is 5.95. The predicted octanol–water partition coefficient (Wildman–Crippen LogP) is -0.117. The molecule has 2 heterocycles. The summed E-state index contributed by atoms with van der Waals surface area (Å²) in [7, 11) is 0.